The van der Waals surface area contributed by atoms with Crippen LogP contribution < -0.4 is 20.5 Å². The highest BCUT2D eigenvalue weighted by Crippen LogP contribution is 2.32. The third-order valence-electron chi connectivity index (χ3n) is 3.89. The Balaban J connectivity index is 1.63. The fraction of sp³-hybridized carbons (Fsp3) is 0.533. The highest BCUT2D eigenvalue weighted by atomic mass is 16.6. The molecule has 0 radical (unpaired) electrons. The van der Waals surface area contributed by atoms with Gasteiger partial charge in [0.05, 0.1) is 6.04 Å². The third kappa shape index (κ3) is 3.28. The number of nitrogens with one attached hydrogen (secondary N) is 1. The molecule has 1 unspecified atom stereocenters. The zero-order valence-electron chi connectivity index (χ0n) is 11.8. The van der Waals surface area contributed by atoms with Crippen molar-refractivity contribution < 1.29 is 19.0 Å². The predicted octanol–water partition coefficient (Wildman–Crippen LogP) is 1.15. The molecule has 1 atom stereocenters. The Bertz CT molecular complexity index is 514. The topological polar surface area (TPSA) is 82.8 Å². The van der Waals surface area contributed by atoms with Gasteiger partial charge in [0, 0.05) is 25.0 Å². The van der Waals surface area contributed by atoms with Gasteiger partial charge in [-0.25, -0.2) is 0 Å². The molecule has 1 aromatic rings. The average Bonchev–Trinajstić information content (AvgIpc) is 2.55. The van der Waals surface area contributed by atoms with Crippen molar-refractivity contribution in [2.24, 2.45) is 11.7 Å². The van der Waals surface area contributed by atoms with Crippen molar-refractivity contribution in [3.63, 3.8) is 0 Å². The number of carbonyl (C=O) groups is 1. The molecule has 6 nitrogen and oxygen atoms in total. The monoisotopic (exact) mass is 292 g/mol. The zero-order valence-corrected chi connectivity index (χ0v) is 11.8. The molecule has 1 saturated heterocycles. The number of hydrogen-bond donors (Lipinski definition) is 2. The molecule has 2 aliphatic rings. The van der Waals surface area contributed by atoms with Gasteiger partial charge < -0.3 is 25.3 Å². The standard InChI is InChI=1S/C15H20N2O4/c16-14(10-3-5-19-6-4-10)15(18)17-11-1-2-12-13(9-11)21-8-7-20-12/h1-2,9-10,14H,3-8,16H2,(H,17,18). The second-order valence-corrected chi connectivity index (χ2v) is 5.32. The number of nitrogens with two attached hydrogens (primary N) is 1. The summed E-state index contributed by atoms with van der Waals surface area (Å²) in [6.45, 7) is 2.42. The predicted molar refractivity (Wildman–Crippen MR) is 77.6 cm³/mol. The van der Waals surface area contributed by atoms with Gasteiger partial charge >= 0.3 is 0 Å². The second-order valence-electron chi connectivity index (χ2n) is 5.32. The maximum Gasteiger partial charge on any atom is 0.241 e. The SMILES string of the molecule is NC(C(=O)Nc1ccc2c(c1)OCCO2)C1CCOCC1. The van der Waals surface area contributed by atoms with Crippen LogP contribution in [0.3, 0.4) is 0 Å². The van der Waals surface area contributed by atoms with Crippen molar-refractivity contribution in [1.82, 2.24) is 0 Å². The molecule has 0 bridgehead atoms. The number of hydrogen-bond acceptors (Lipinski definition) is 5. The Hall–Kier alpha value is -1.79. The summed E-state index contributed by atoms with van der Waals surface area (Å²) in [6.07, 6.45) is 1.66. The molecule has 1 amide bonds. The number of rotatable bonds is 3. The Morgan fingerprint density at radius 1 is 1.14 bits per heavy atom. The van der Waals surface area contributed by atoms with Crippen LogP contribution in [-0.2, 0) is 9.53 Å². The van der Waals surface area contributed by atoms with Gasteiger partial charge in [0.15, 0.2) is 11.5 Å². The molecular weight excluding hydrogens is 272 g/mol. The average molecular weight is 292 g/mol. The molecule has 6 heteroatoms. The summed E-state index contributed by atoms with van der Waals surface area (Å²) in [5, 5.41) is 2.85. The Kier molecular flexibility index (Phi) is 4.26. The van der Waals surface area contributed by atoms with Gasteiger partial charge in [-0.3, -0.25) is 4.79 Å². The van der Waals surface area contributed by atoms with Crippen LogP contribution in [0.25, 0.3) is 0 Å². The van der Waals surface area contributed by atoms with Gasteiger partial charge in [-0.05, 0) is 30.9 Å². The van der Waals surface area contributed by atoms with Crippen LogP contribution in [0.5, 0.6) is 11.5 Å². The molecule has 21 heavy (non-hydrogen) atoms. The molecule has 0 aromatic heterocycles. The van der Waals surface area contributed by atoms with E-state index < -0.39 is 6.04 Å². The Morgan fingerprint density at radius 2 is 1.86 bits per heavy atom. The molecular formula is C15H20N2O4. The molecule has 1 aromatic carbocycles. The van der Waals surface area contributed by atoms with E-state index in [0.717, 1.165) is 12.8 Å². The molecule has 0 spiro atoms. The van der Waals surface area contributed by atoms with E-state index in [1.807, 2.05) is 0 Å². The molecule has 0 aliphatic carbocycles. The maximum atomic E-state index is 12.2. The van der Waals surface area contributed by atoms with E-state index in [4.69, 9.17) is 19.9 Å². The van der Waals surface area contributed by atoms with Gasteiger partial charge in [0.2, 0.25) is 5.91 Å². The highest BCUT2D eigenvalue weighted by Gasteiger charge is 2.26. The van der Waals surface area contributed by atoms with E-state index in [0.29, 0.717) is 43.6 Å². The smallest absolute Gasteiger partial charge is 0.241 e. The summed E-state index contributed by atoms with van der Waals surface area (Å²) in [4.78, 5) is 12.2. The molecule has 2 heterocycles. The first-order valence-electron chi connectivity index (χ1n) is 7.28. The van der Waals surface area contributed by atoms with Crippen molar-refractivity contribution >= 4 is 11.6 Å². The van der Waals surface area contributed by atoms with E-state index in [1.165, 1.54) is 0 Å². The van der Waals surface area contributed by atoms with Crippen molar-refractivity contribution in [2.45, 2.75) is 18.9 Å². The van der Waals surface area contributed by atoms with Gasteiger partial charge in [0.25, 0.3) is 0 Å². The van der Waals surface area contributed by atoms with E-state index in [-0.39, 0.29) is 11.8 Å². The molecule has 114 valence electrons. The van der Waals surface area contributed by atoms with E-state index >= 15 is 0 Å². The fourth-order valence-electron chi connectivity index (χ4n) is 2.64. The van der Waals surface area contributed by atoms with E-state index in [9.17, 15) is 4.79 Å². The van der Waals surface area contributed by atoms with Crippen molar-refractivity contribution in [2.75, 3.05) is 31.7 Å². The van der Waals surface area contributed by atoms with Gasteiger partial charge in [-0.2, -0.15) is 0 Å². The first-order valence-corrected chi connectivity index (χ1v) is 7.28. The van der Waals surface area contributed by atoms with Crippen LogP contribution in [0.4, 0.5) is 5.69 Å². The van der Waals surface area contributed by atoms with Crippen LogP contribution >= 0.6 is 0 Å². The largest absolute Gasteiger partial charge is 0.486 e. The lowest BCUT2D eigenvalue weighted by molar-refractivity contribution is -0.119. The minimum atomic E-state index is -0.512. The normalized spacial score (nSPS) is 19.9. The molecule has 2 aliphatic heterocycles. The number of amides is 1. The summed E-state index contributed by atoms with van der Waals surface area (Å²) in [7, 11) is 0. The highest BCUT2D eigenvalue weighted by molar-refractivity contribution is 5.95. The lowest BCUT2D eigenvalue weighted by Crippen LogP contribution is -2.44. The zero-order chi connectivity index (χ0) is 14.7. The molecule has 3 rings (SSSR count). The van der Waals surface area contributed by atoms with Crippen molar-refractivity contribution in [3.8, 4) is 11.5 Å². The number of ether oxygens (including phenoxy) is 3. The summed E-state index contributed by atoms with van der Waals surface area (Å²) in [5.41, 5.74) is 6.73. The number of anilines is 1. The first kappa shape index (κ1) is 14.2. The minimum absolute atomic E-state index is 0.168. The quantitative estimate of drug-likeness (QED) is 0.873. The fourth-order valence-corrected chi connectivity index (χ4v) is 2.64. The summed E-state index contributed by atoms with van der Waals surface area (Å²) in [6, 6.07) is 4.84. The minimum Gasteiger partial charge on any atom is -0.486 e. The van der Waals surface area contributed by atoms with E-state index in [2.05, 4.69) is 5.32 Å². The second kappa shape index (κ2) is 6.32. The van der Waals surface area contributed by atoms with Crippen LogP contribution in [0.1, 0.15) is 12.8 Å². The number of fused-ring (bicyclic) bond motifs is 1. The molecule has 0 saturated carbocycles. The van der Waals surface area contributed by atoms with Gasteiger partial charge in [0.1, 0.15) is 13.2 Å². The Labute approximate surface area is 123 Å². The van der Waals surface area contributed by atoms with Crippen LogP contribution in [0.2, 0.25) is 0 Å². The lowest BCUT2D eigenvalue weighted by atomic mass is 9.92. The number of benzene rings is 1. The van der Waals surface area contributed by atoms with Crippen molar-refractivity contribution in [1.29, 1.82) is 0 Å². The summed E-state index contributed by atoms with van der Waals surface area (Å²) < 4.78 is 16.2. The molecule has 3 N–H and O–H groups in total. The summed E-state index contributed by atoms with van der Waals surface area (Å²) in [5.74, 6) is 1.36. The first-order chi connectivity index (χ1) is 10.2. The van der Waals surface area contributed by atoms with Crippen molar-refractivity contribution in [3.05, 3.63) is 18.2 Å². The lowest BCUT2D eigenvalue weighted by Gasteiger charge is -2.27. The van der Waals surface area contributed by atoms with Gasteiger partial charge in [-0.15, -0.1) is 0 Å². The number of carbonyl (C=O) groups excluding carboxylic acids is 1. The maximum absolute atomic E-state index is 12.2. The third-order valence-corrected chi connectivity index (χ3v) is 3.89. The van der Waals surface area contributed by atoms with Gasteiger partial charge in [-0.1, -0.05) is 0 Å². The van der Waals surface area contributed by atoms with Crippen LogP contribution in [0, 0.1) is 5.92 Å². The van der Waals surface area contributed by atoms with Crippen LogP contribution in [-0.4, -0.2) is 38.4 Å². The summed E-state index contributed by atoms with van der Waals surface area (Å²) >= 11 is 0. The van der Waals surface area contributed by atoms with Crippen LogP contribution in [0.15, 0.2) is 18.2 Å². The Morgan fingerprint density at radius 3 is 2.62 bits per heavy atom. The molecule has 1 fully saturated rings. The van der Waals surface area contributed by atoms with E-state index in [1.54, 1.807) is 18.2 Å².